The number of hydrogen-bond acceptors (Lipinski definition) is 6. The van der Waals surface area contributed by atoms with E-state index in [0.717, 1.165) is 48.0 Å². The van der Waals surface area contributed by atoms with Gasteiger partial charge in [0.2, 0.25) is 5.95 Å². The Hall–Kier alpha value is -3.12. The Kier molecular flexibility index (Phi) is 6.22. The Morgan fingerprint density at radius 3 is 2.62 bits per heavy atom. The van der Waals surface area contributed by atoms with Crippen LogP contribution in [0.1, 0.15) is 19.8 Å². The van der Waals surface area contributed by atoms with Gasteiger partial charge in [-0.3, -0.25) is 0 Å². The lowest BCUT2D eigenvalue weighted by Crippen LogP contribution is -2.20. The summed E-state index contributed by atoms with van der Waals surface area (Å²) in [5.41, 5.74) is 2.85. The molecule has 2 N–H and O–H groups in total. The average Bonchev–Trinajstić information content (AvgIpc) is 3.28. The summed E-state index contributed by atoms with van der Waals surface area (Å²) in [6.07, 6.45) is 2.41. The first-order valence-corrected chi connectivity index (χ1v) is 10.1. The van der Waals surface area contributed by atoms with Crippen molar-refractivity contribution in [2.24, 2.45) is 0 Å². The molecule has 1 fully saturated rings. The van der Waals surface area contributed by atoms with Crippen LogP contribution in [0, 0.1) is 0 Å². The Bertz CT molecular complexity index is 910. The van der Waals surface area contributed by atoms with Crippen molar-refractivity contribution >= 4 is 17.5 Å². The van der Waals surface area contributed by atoms with Crippen LogP contribution < -0.4 is 15.4 Å². The van der Waals surface area contributed by atoms with Gasteiger partial charge in [0.15, 0.2) is 0 Å². The Morgan fingerprint density at radius 2 is 1.90 bits per heavy atom. The molecule has 3 aromatic rings. The fourth-order valence-electron chi connectivity index (χ4n) is 3.31. The van der Waals surface area contributed by atoms with E-state index in [2.05, 4.69) is 15.6 Å². The highest BCUT2D eigenvalue weighted by atomic mass is 16.5. The van der Waals surface area contributed by atoms with Crippen molar-refractivity contribution in [1.29, 1.82) is 0 Å². The molecule has 29 heavy (non-hydrogen) atoms. The number of nitrogens with zero attached hydrogens (tertiary/aromatic N) is 2. The summed E-state index contributed by atoms with van der Waals surface area (Å²) in [7, 11) is 0. The first-order valence-electron chi connectivity index (χ1n) is 10.1. The molecular weight excluding hydrogens is 364 g/mol. The minimum Gasteiger partial charge on any atom is -0.494 e. The number of hydrogen-bond donors (Lipinski definition) is 2. The van der Waals surface area contributed by atoms with E-state index < -0.39 is 0 Å². The number of benzene rings is 2. The monoisotopic (exact) mass is 390 g/mol. The number of aromatic nitrogens is 2. The summed E-state index contributed by atoms with van der Waals surface area (Å²) in [6.45, 7) is 4.17. The Morgan fingerprint density at radius 1 is 1.07 bits per heavy atom. The maximum Gasteiger partial charge on any atom is 0.225 e. The zero-order chi connectivity index (χ0) is 19.9. The third-order valence-electron chi connectivity index (χ3n) is 4.75. The second-order valence-electron chi connectivity index (χ2n) is 6.93. The van der Waals surface area contributed by atoms with Crippen molar-refractivity contribution < 1.29 is 9.47 Å². The van der Waals surface area contributed by atoms with E-state index in [4.69, 9.17) is 14.5 Å². The van der Waals surface area contributed by atoms with Gasteiger partial charge in [-0.2, -0.15) is 4.98 Å². The molecular formula is C23H26N4O2. The smallest absolute Gasteiger partial charge is 0.225 e. The first kappa shape index (κ1) is 19.2. The van der Waals surface area contributed by atoms with Crippen LogP contribution in [0.2, 0.25) is 0 Å². The molecule has 0 aliphatic carbocycles. The van der Waals surface area contributed by atoms with Crippen LogP contribution in [-0.4, -0.2) is 35.8 Å². The second-order valence-corrected chi connectivity index (χ2v) is 6.93. The largest absolute Gasteiger partial charge is 0.494 e. The van der Waals surface area contributed by atoms with Crippen LogP contribution in [0.4, 0.5) is 17.5 Å². The van der Waals surface area contributed by atoms with E-state index in [0.29, 0.717) is 19.1 Å². The maximum absolute atomic E-state index is 5.70. The molecule has 1 saturated heterocycles. The van der Waals surface area contributed by atoms with Gasteiger partial charge in [-0.15, -0.1) is 0 Å². The molecule has 0 amide bonds. The molecule has 2 aromatic carbocycles. The lowest BCUT2D eigenvalue weighted by Gasteiger charge is -2.14. The number of nitrogens with one attached hydrogen (secondary N) is 2. The Labute approximate surface area is 171 Å². The lowest BCUT2D eigenvalue weighted by atomic mass is 10.1. The van der Waals surface area contributed by atoms with E-state index in [-0.39, 0.29) is 6.10 Å². The van der Waals surface area contributed by atoms with Gasteiger partial charge >= 0.3 is 0 Å². The normalized spacial score (nSPS) is 15.8. The minimum atomic E-state index is 0.224. The third-order valence-corrected chi connectivity index (χ3v) is 4.75. The van der Waals surface area contributed by atoms with Crippen molar-refractivity contribution in [2.45, 2.75) is 25.9 Å². The number of rotatable bonds is 8. The molecule has 1 aliphatic rings. The molecule has 6 heteroatoms. The minimum absolute atomic E-state index is 0.224. The summed E-state index contributed by atoms with van der Waals surface area (Å²) in [5.74, 6) is 2.18. The molecule has 150 valence electrons. The van der Waals surface area contributed by atoms with Crippen LogP contribution in [0.3, 0.4) is 0 Å². The van der Waals surface area contributed by atoms with E-state index in [1.54, 1.807) is 0 Å². The summed E-state index contributed by atoms with van der Waals surface area (Å²) < 4.78 is 11.2. The molecule has 2 heterocycles. The summed E-state index contributed by atoms with van der Waals surface area (Å²) in [5, 5.41) is 6.72. The third kappa shape index (κ3) is 5.23. The molecule has 1 atom stereocenters. The van der Waals surface area contributed by atoms with Gasteiger partial charge in [0.1, 0.15) is 11.6 Å². The van der Waals surface area contributed by atoms with Crippen LogP contribution in [0.5, 0.6) is 5.75 Å². The zero-order valence-electron chi connectivity index (χ0n) is 16.6. The molecule has 0 radical (unpaired) electrons. The maximum atomic E-state index is 5.70. The van der Waals surface area contributed by atoms with E-state index in [1.807, 2.05) is 67.6 Å². The predicted molar refractivity (Wildman–Crippen MR) is 116 cm³/mol. The standard InChI is InChI=1S/C23H26N4O2/c1-2-28-19-12-10-18(11-13-19)25-22-15-21(17-7-4-3-5-8-17)26-23(27-22)24-16-20-9-6-14-29-20/h3-5,7-8,10-13,15,20H,2,6,9,14,16H2,1H3,(H2,24,25,26,27). The lowest BCUT2D eigenvalue weighted by molar-refractivity contribution is 0.120. The van der Waals surface area contributed by atoms with Crippen molar-refractivity contribution in [1.82, 2.24) is 9.97 Å². The van der Waals surface area contributed by atoms with Crippen LogP contribution >= 0.6 is 0 Å². The summed E-state index contributed by atoms with van der Waals surface area (Å²) in [4.78, 5) is 9.36. The summed E-state index contributed by atoms with van der Waals surface area (Å²) >= 11 is 0. The molecule has 0 saturated carbocycles. The highest BCUT2D eigenvalue weighted by molar-refractivity contribution is 5.67. The predicted octanol–water partition coefficient (Wildman–Crippen LogP) is 4.88. The first-order chi connectivity index (χ1) is 14.3. The topological polar surface area (TPSA) is 68.3 Å². The molecule has 4 rings (SSSR count). The van der Waals surface area contributed by atoms with Gasteiger partial charge in [-0.05, 0) is 44.0 Å². The number of anilines is 3. The average molecular weight is 390 g/mol. The van der Waals surface area contributed by atoms with Crippen molar-refractivity contribution in [2.75, 3.05) is 30.4 Å². The fourth-order valence-corrected chi connectivity index (χ4v) is 3.31. The molecule has 1 aromatic heterocycles. The van der Waals surface area contributed by atoms with Crippen LogP contribution in [-0.2, 0) is 4.74 Å². The second kappa shape index (κ2) is 9.39. The quantitative estimate of drug-likeness (QED) is 0.572. The van der Waals surface area contributed by atoms with Crippen molar-refractivity contribution in [3.8, 4) is 17.0 Å². The van der Waals surface area contributed by atoms with E-state index in [1.165, 1.54) is 0 Å². The van der Waals surface area contributed by atoms with Gasteiger partial charge in [-0.25, -0.2) is 4.98 Å². The molecule has 1 unspecified atom stereocenters. The fraction of sp³-hybridized carbons (Fsp3) is 0.304. The molecule has 0 spiro atoms. The van der Waals surface area contributed by atoms with Crippen molar-refractivity contribution in [3.63, 3.8) is 0 Å². The van der Waals surface area contributed by atoms with Gasteiger partial charge in [0.25, 0.3) is 0 Å². The van der Waals surface area contributed by atoms with Gasteiger partial charge in [0, 0.05) is 30.5 Å². The highest BCUT2D eigenvalue weighted by Gasteiger charge is 2.16. The molecule has 6 nitrogen and oxygen atoms in total. The molecule has 1 aliphatic heterocycles. The van der Waals surface area contributed by atoms with Crippen LogP contribution in [0.15, 0.2) is 60.7 Å². The highest BCUT2D eigenvalue weighted by Crippen LogP contribution is 2.25. The van der Waals surface area contributed by atoms with Gasteiger partial charge in [0.05, 0.1) is 18.4 Å². The van der Waals surface area contributed by atoms with E-state index in [9.17, 15) is 0 Å². The SMILES string of the molecule is CCOc1ccc(Nc2cc(-c3ccccc3)nc(NCC3CCCO3)n2)cc1. The van der Waals surface area contributed by atoms with E-state index >= 15 is 0 Å². The number of ether oxygens (including phenoxy) is 2. The Balaban J connectivity index is 1.56. The van der Waals surface area contributed by atoms with Crippen molar-refractivity contribution in [3.05, 3.63) is 60.7 Å². The molecule has 0 bridgehead atoms. The zero-order valence-corrected chi connectivity index (χ0v) is 16.6. The van der Waals surface area contributed by atoms with Gasteiger partial charge in [-0.1, -0.05) is 30.3 Å². The van der Waals surface area contributed by atoms with Crippen LogP contribution in [0.25, 0.3) is 11.3 Å². The van der Waals surface area contributed by atoms with Gasteiger partial charge < -0.3 is 20.1 Å². The summed E-state index contributed by atoms with van der Waals surface area (Å²) in [6, 6.07) is 19.9.